The van der Waals surface area contributed by atoms with Crippen molar-refractivity contribution in [3.05, 3.63) is 59.2 Å². The molecular formula is C20H21NO5. The molecule has 0 atom stereocenters. The Kier molecular flexibility index (Phi) is 6.49. The van der Waals surface area contributed by atoms with Crippen LogP contribution in [0.1, 0.15) is 39.1 Å². The number of anilines is 1. The van der Waals surface area contributed by atoms with Crippen molar-refractivity contribution in [2.75, 3.05) is 19.5 Å². The van der Waals surface area contributed by atoms with Crippen LogP contribution in [0.15, 0.2) is 42.5 Å². The Morgan fingerprint density at radius 3 is 2.46 bits per heavy atom. The molecule has 0 spiro atoms. The molecule has 0 fully saturated rings. The summed E-state index contributed by atoms with van der Waals surface area (Å²) < 4.78 is 9.85. The summed E-state index contributed by atoms with van der Waals surface area (Å²) in [4.78, 5) is 36.0. The number of carbonyl (C=O) groups excluding carboxylic acids is 3. The summed E-state index contributed by atoms with van der Waals surface area (Å²) in [6.45, 7) is 1.89. The maximum absolute atomic E-state index is 12.4. The zero-order chi connectivity index (χ0) is 19.1. The maximum atomic E-state index is 12.4. The first-order chi connectivity index (χ1) is 12.4. The first-order valence-electron chi connectivity index (χ1n) is 8.10. The van der Waals surface area contributed by atoms with Gasteiger partial charge < -0.3 is 14.8 Å². The van der Waals surface area contributed by atoms with E-state index in [4.69, 9.17) is 4.74 Å². The normalized spacial score (nSPS) is 10.1. The lowest BCUT2D eigenvalue weighted by molar-refractivity contribution is -0.116. The molecule has 0 aliphatic carbocycles. The molecule has 0 bridgehead atoms. The molecule has 0 radical (unpaired) electrons. The summed E-state index contributed by atoms with van der Waals surface area (Å²) in [5, 5.41) is 2.68. The zero-order valence-electron chi connectivity index (χ0n) is 15.0. The number of methoxy groups -OCH3 is 2. The van der Waals surface area contributed by atoms with Crippen LogP contribution in [-0.2, 0) is 9.53 Å². The molecule has 0 saturated heterocycles. The number of hydrogen-bond donors (Lipinski definition) is 1. The number of Topliss-reactive ketones (excluding diaryl/α,β-unsaturated/α-hetero) is 1. The van der Waals surface area contributed by atoms with E-state index in [9.17, 15) is 14.4 Å². The molecule has 1 N–H and O–H groups in total. The second kappa shape index (κ2) is 8.80. The third-order valence-corrected chi connectivity index (χ3v) is 3.80. The van der Waals surface area contributed by atoms with Crippen LogP contribution in [0.25, 0.3) is 0 Å². The van der Waals surface area contributed by atoms with E-state index in [0.717, 1.165) is 5.56 Å². The highest BCUT2D eigenvalue weighted by molar-refractivity contribution is 6.02. The lowest BCUT2D eigenvalue weighted by atomic mass is 10.0. The van der Waals surface area contributed by atoms with Gasteiger partial charge in [0.15, 0.2) is 5.78 Å². The Balaban J connectivity index is 1.98. The minimum atomic E-state index is -0.484. The number of carbonyl (C=O) groups is 3. The Bertz CT molecular complexity index is 829. The van der Waals surface area contributed by atoms with Gasteiger partial charge in [-0.25, -0.2) is 4.79 Å². The standard InChI is InChI=1S/C20H21NO5/c1-13-7-9-18(25-2)16(11-13)17(22)8-10-19(23)21-15-6-4-5-14(12-15)20(24)26-3/h4-7,9,11-12H,8,10H2,1-3H3,(H,21,23). The predicted octanol–water partition coefficient (Wildman–Crippen LogP) is 3.39. The Hall–Kier alpha value is -3.15. The van der Waals surface area contributed by atoms with E-state index in [2.05, 4.69) is 10.1 Å². The van der Waals surface area contributed by atoms with Crippen LogP contribution < -0.4 is 10.1 Å². The first kappa shape index (κ1) is 19.2. The maximum Gasteiger partial charge on any atom is 0.337 e. The van der Waals surface area contributed by atoms with Gasteiger partial charge in [-0.05, 0) is 37.3 Å². The average molecular weight is 355 g/mol. The number of nitrogens with one attached hydrogen (secondary N) is 1. The Morgan fingerprint density at radius 1 is 1.00 bits per heavy atom. The number of amides is 1. The fourth-order valence-electron chi connectivity index (χ4n) is 2.47. The van der Waals surface area contributed by atoms with E-state index in [1.807, 2.05) is 13.0 Å². The van der Waals surface area contributed by atoms with Gasteiger partial charge in [-0.3, -0.25) is 9.59 Å². The molecule has 0 aromatic heterocycles. The van der Waals surface area contributed by atoms with Crippen molar-refractivity contribution in [3.63, 3.8) is 0 Å². The molecule has 2 aromatic rings. The number of ketones is 1. The molecule has 136 valence electrons. The van der Waals surface area contributed by atoms with Crippen molar-refractivity contribution >= 4 is 23.3 Å². The second-order valence-corrected chi connectivity index (χ2v) is 5.75. The summed E-state index contributed by atoms with van der Waals surface area (Å²) in [6, 6.07) is 11.8. The van der Waals surface area contributed by atoms with E-state index in [1.54, 1.807) is 30.3 Å². The number of ether oxygens (including phenoxy) is 2. The zero-order valence-corrected chi connectivity index (χ0v) is 15.0. The molecular weight excluding hydrogens is 334 g/mol. The molecule has 1 amide bonds. The monoisotopic (exact) mass is 355 g/mol. The van der Waals surface area contributed by atoms with Crippen molar-refractivity contribution in [2.45, 2.75) is 19.8 Å². The highest BCUT2D eigenvalue weighted by Crippen LogP contribution is 2.22. The van der Waals surface area contributed by atoms with Crippen molar-refractivity contribution in [2.24, 2.45) is 0 Å². The molecule has 0 heterocycles. The van der Waals surface area contributed by atoms with Crippen LogP contribution in [0, 0.1) is 6.92 Å². The molecule has 26 heavy (non-hydrogen) atoms. The van der Waals surface area contributed by atoms with Crippen LogP contribution in [-0.4, -0.2) is 31.9 Å². The average Bonchev–Trinajstić information content (AvgIpc) is 2.65. The smallest absolute Gasteiger partial charge is 0.337 e. The number of benzene rings is 2. The van der Waals surface area contributed by atoms with Crippen molar-refractivity contribution in [1.82, 2.24) is 0 Å². The van der Waals surface area contributed by atoms with Crippen LogP contribution in [0.5, 0.6) is 5.75 Å². The number of esters is 1. The number of rotatable bonds is 7. The molecule has 0 saturated carbocycles. The highest BCUT2D eigenvalue weighted by atomic mass is 16.5. The lowest BCUT2D eigenvalue weighted by Crippen LogP contribution is -2.14. The van der Waals surface area contributed by atoms with Crippen LogP contribution in [0.4, 0.5) is 5.69 Å². The first-order valence-corrected chi connectivity index (χ1v) is 8.10. The lowest BCUT2D eigenvalue weighted by Gasteiger charge is -2.09. The second-order valence-electron chi connectivity index (χ2n) is 5.75. The molecule has 0 aliphatic heterocycles. The van der Waals surface area contributed by atoms with Gasteiger partial charge in [0.25, 0.3) is 0 Å². The van der Waals surface area contributed by atoms with Crippen molar-refractivity contribution in [1.29, 1.82) is 0 Å². The van der Waals surface area contributed by atoms with E-state index in [1.165, 1.54) is 20.3 Å². The topological polar surface area (TPSA) is 81.7 Å². The van der Waals surface area contributed by atoms with Crippen molar-refractivity contribution < 1.29 is 23.9 Å². The largest absolute Gasteiger partial charge is 0.496 e. The summed E-state index contributed by atoms with van der Waals surface area (Å²) in [5.74, 6) is -0.467. The van der Waals surface area contributed by atoms with Gasteiger partial charge in [0, 0.05) is 18.5 Å². The van der Waals surface area contributed by atoms with Crippen LogP contribution in [0.2, 0.25) is 0 Å². The summed E-state index contributed by atoms with van der Waals surface area (Å²) in [6.07, 6.45) is 0.0840. The molecule has 0 aliphatic rings. The highest BCUT2D eigenvalue weighted by Gasteiger charge is 2.15. The summed E-state index contributed by atoms with van der Waals surface area (Å²) in [7, 11) is 2.79. The number of hydrogen-bond acceptors (Lipinski definition) is 5. The van der Waals surface area contributed by atoms with E-state index >= 15 is 0 Å². The molecule has 6 heteroatoms. The molecule has 2 rings (SSSR count). The Labute approximate surface area is 152 Å². The van der Waals surface area contributed by atoms with E-state index in [0.29, 0.717) is 22.6 Å². The van der Waals surface area contributed by atoms with Gasteiger partial charge in [-0.1, -0.05) is 17.7 Å². The third kappa shape index (κ3) is 4.92. The van der Waals surface area contributed by atoms with E-state index < -0.39 is 5.97 Å². The number of aryl methyl sites for hydroxylation is 1. The van der Waals surface area contributed by atoms with Gasteiger partial charge in [-0.2, -0.15) is 0 Å². The van der Waals surface area contributed by atoms with Gasteiger partial charge in [-0.15, -0.1) is 0 Å². The third-order valence-electron chi connectivity index (χ3n) is 3.80. The van der Waals surface area contributed by atoms with Gasteiger partial charge in [0.2, 0.25) is 5.91 Å². The molecule has 6 nitrogen and oxygen atoms in total. The minimum absolute atomic E-state index is 0.0262. The van der Waals surface area contributed by atoms with Gasteiger partial charge in [0.05, 0.1) is 25.3 Å². The predicted molar refractivity (Wildman–Crippen MR) is 97.7 cm³/mol. The fourth-order valence-corrected chi connectivity index (χ4v) is 2.47. The van der Waals surface area contributed by atoms with Gasteiger partial charge >= 0.3 is 5.97 Å². The van der Waals surface area contributed by atoms with Crippen LogP contribution >= 0.6 is 0 Å². The van der Waals surface area contributed by atoms with E-state index in [-0.39, 0.29) is 24.5 Å². The van der Waals surface area contributed by atoms with Crippen LogP contribution in [0.3, 0.4) is 0 Å². The fraction of sp³-hybridized carbons (Fsp3) is 0.250. The summed E-state index contributed by atoms with van der Waals surface area (Å²) in [5.41, 5.74) is 2.22. The van der Waals surface area contributed by atoms with Crippen molar-refractivity contribution in [3.8, 4) is 5.75 Å². The SMILES string of the molecule is COC(=O)c1cccc(NC(=O)CCC(=O)c2cc(C)ccc2OC)c1. The minimum Gasteiger partial charge on any atom is -0.496 e. The Morgan fingerprint density at radius 2 is 1.77 bits per heavy atom. The molecule has 2 aromatic carbocycles. The quantitative estimate of drug-likeness (QED) is 0.608. The molecule has 0 unspecified atom stereocenters. The summed E-state index contributed by atoms with van der Waals surface area (Å²) >= 11 is 0. The van der Waals surface area contributed by atoms with Gasteiger partial charge in [0.1, 0.15) is 5.75 Å².